The lowest BCUT2D eigenvalue weighted by atomic mass is 9.95. The molecule has 120 valence electrons. The van der Waals surface area contributed by atoms with Gasteiger partial charge in [0.05, 0.1) is 0 Å². The standard InChI is InChI=1S/C19H23N3O/c23-19(21-14-17-7-4-10-20-13-17)18-8-11-22(12-9-18)15-16-5-2-1-3-6-16/h1-7,10,13,18H,8-9,11-12,14-15H2,(H,21,23). The Hall–Kier alpha value is -2.20. The molecular formula is C19H23N3O. The van der Waals surface area contributed by atoms with Gasteiger partial charge in [-0.2, -0.15) is 0 Å². The molecule has 1 aliphatic rings. The van der Waals surface area contributed by atoms with E-state index in [2.05, 4.69) is 39.5 Å². The van der Waals surface area contributed by atoms with Crippen LogP contribution < -0.4 is 5.32 Å². The maximum Gasteiger partial charge on any atom is 0.223 e. The summed E-state index contributed by atoms with van der Waals surface area (Å²) in [6.07, 6.45) is 5.41. The number of aromatic nitrogens is 1. The summed E-state index contributed by atoms with van der Waals surface area (Å²) < 4.78 is 0. The van der Waals surface area contributed by atoms with Crippen LogP contribution in [0, 0.1) is 5.92 Å². The highest BCUT2D eigenvalue weighted by Gasteiger charge is 2.24. The van der Waals surface area contributed by atoms with E-state index >= 15 is 0 Å². The van der Waals surface area contributed by atoms with Crippen LogP contribution in [0.2, 0.25) is 0 Å². The molecule has 0 spiro atoms. The summed E-state index contributed by atoms with van der Waals surface area (Å²) in [4.78, 5) is 18.8. The zero-order chi connectivity index (χ0) is 15.9. The Morgan fingerprint density at radius 3 is 2.52 bits per heavy atom. The van der Waals surface area contributed by atoms with Gasteiger partial charge >= 0.3 is 0 Å². The van der Waals surface area contributed by atoms with E-state index in [0.29, 0.717) is 6.54 Å². The molecule has 1 fully saturated rings. The maximum absolute atomic E-state index is 12.3. The third-order valence-corrected chi connectivity index (χ3v) is 4.40. The van der Waals surface area contributed by atoms with Gasteiger partial charge in [0.2, 0.25) is 5.91 Å². The number of benzene rings is 1. The Balaban J connectivity index is 1.42. The number of likely N-dealkylation sites (tertiary alicyclic amines) is 1. The van der Waals surface area contributed by atoms with E-state index in [9.17, 15) is 4.79 Å². The molecule has 4 heteroatoms. The van der Waals surface area contributed by atoms with Crippen LogP contribution in [0.1, 0.15) is 24.0 Å². The van der Waals surface area contributed by atoms with Crippen molar-refractivity contribution in [3.8, 4) is 0 Å². The number of amides is 1. The van der Waals surface area contributed by atoms with E-state index < -0.39 is 0 Å². The molecule has 1 N–H and O–H groups in total. The van der Waals surface area contributed by atoms with Gasteiger partial charge in [0.15, 0.2) is 0 Å². The van der Waals surface area contributed by atoms with Gasteiger partial charge in [0, 0.05) is 31.4 Å². The third kappa shape index (κ3) is 4.63. The maximum atomic E-state index is 12.3. The number of carbonyl (C=O) groups excluding carboxylic acids is 1. The summed E-state index contributed by atoms with van der Waals surface area (Å²) in [5.74, 6) is 0.312. The van der Waals surface area contributed by atoms with Crippen molar-refractivity contribution in [1.29, 1.82) is 0 Å². The fraction of sp³-hybridized carbons (Fsp3) is 0.368. The van der Waals surface area contributed by atoms with Crippen molar-refractivity contribution < 1.29 is 4.79 Å². The van der Waals surface area contributed by atoms with Gasteiger partial charge in [0.25, 0.3) is 0 Å². The molecule has 4 nitrogen and oxygen atoms in total. The number of hydrogen-bond donors (Lipinski definition) is 1. The van der Waals surface area contributed by atoms with E-state index in [-0.39, 0.29) is 11.8 Å². The second-order valence-corrected chi connectivity index (χ2v) is 6.12. The molecule has 1 saturated heterocycles. The Bertz CT molecular complexity index is 607. The Labute approximate surface area is 137 Å². The summed E-state index contributed by atoms with van der Waals surface area (Å²) in [5.41, 5.74) is 2.38. The van der Waals surface area contributed by atoms with Crippen molar-refractivity contribution in [1.82, 2.24) is 15.2 Å². The highest BCUT2D eigenvalue weighted by atomic mass is 16.1. The first kappa shape index (κ1) is 15.7. The van der Waals surface area contributed by atoms with Gasteiger partial charge in [-0.3, -0.25) is 14.7 Å². The van der Waals surface area contributed by atoms with Crippen LogP contribution in [-0.4, -0.2) is 28.9 Å². The van der Waals surface area contributed by atoms with E-state index in [1.165, 1.54) is 5.56 Å². The quantitative estimate of drug-likeness (QED) is 0.923. The normalized spacial score (nSPS) is 16.2. The molecule has 0 radical (unpaired) electrons. The van der Waals surface area contributed by atoms with Gasteiger partial charge < -0.3 is 5.32 Å². The first-order chi connectivity index (χ1) is 11.3. The highest BCUT2D eigenvalue weighted by molar-refractivity contribution is 5.78. The molecule has 0 saturated carbocycles. The fourth-order valence-electron chi connectivity index (χ4n) is 3.03. The summed E-state index contributed by atoms with van der Waals surface area (Å²) in [6, 6.07) is 14.4. The van der Waals surface area contributed by atoms with Gasteiger partial charge in [-0.05, 0) is 43.1 Å². The smallest absolute Gasteiger partial charge is 0.223 e. The molecule has 3 rings (SSSR count). The molecule has 0 aliphatic carbocycles. The van der Waals surface area contributed by atoms with Crippen molar-refractivity contribution >= 4 is 5.91 Å². The minimum absolute atomic E-state index is 0.138. The zero-order valence-corrected chi connectivity index (χ0v) is 13.3. The summed E-state index contributed by atoms with van der Waals surface area (Å²) in [7, 11) is 0. The number of nitrogens with one attached hydrogen (secondary N) is 1. The number of pyridine rings is 1. The van der Waals surface area contributed by atoms with Gasteiger partial charge in [0.1, 0.15) is 0 Å². The summed E-state index contributed by atoms with van der Waals surface area (Å²) >= 11 is 0. The van der Waals surface area contributed by atoms with E-state index in [4.69, 9.17) is 0 Å². The second-order valence-electron chi connectivity index (χ2n) is 6.12. The predicted molar refractivity (Wildman–Crippen MR) is 90.5 cm³/mol. The van der Waals surface area contributed by atoms with Gasteiger partial charge in [-0.1, -0.05) is 36.4 Å². The predicted octanol–water partition coefficient (Wildman–Crippen LogP) is 2.61. The average Bonchev–Trinajstić information content (AvgIpc) is 2.62. The highest BCUT2D eigenvalue weighted by Crippen LogP contribution is 2.19. The molecular weight excluding hydrogens is 286 g/mol. The van der Waals surface area contributed by atoms with E-state index in [1.54, 1.807) is 12.4 Å². The van der Waals surface area contributed by atoms with Crippen molar-refractivity contribution in [3.05, 3.63) is 66.0 Å². The van der Waals surface area contributed by atoms with Crippen LogP contribution in [-0.2, 0) is 17.9 Å². The largest absolute Gasteiger partial charge is 0.352 e. The molecule has 2 aromatic rings. The summed E-state index contributed by atoms with van der Waals surface area (Å²) in [5, 5.41) is 3.04. The molecule has 0 atom stereocenters. The minimum Gasteiger partial charge on any atom is -0.352 e. The molecule has 23 heavy (non-hydrogen) atoms. The van der Waals surface area contributed by atoms with Crippen molar-refractivity contribution in [3.63, 3.8) is 0 Å². The van der Waals surface area contributed by atoms with Crippen LogP contribution >= 0.6 is 0 Å². The lowest BCUT2D eigenvalue weighted by Gasteiger charge is -2.31. The minimum atomic E-state index is 0.138. The second kappa shape index (κ2) is 7.88. The molecule has 1 amide bonds. The van der Waals surface area contributed by atoms with Gasteiger partial charge in [-0.25, -0.2) is 0 Å². The number of nitrogens with zero attached hydrogens (tertiary/aromatic N) is 2. The molecule has 2 heterocycles. The average molecular weight is 309 g/mol. The van der Waals surface area contributed by atoms with Crippen LogP contribution in [0.4, 0.5) is 0 Å². The van der Waals surface area contributed by atoms with E-state index in [1.807, 2.05) is 18.2 Å². The monoisotopic (exact) mass is 309 g/mol. The fourth-order valence-corrected chi connectivity index (χ4v) is 3.03. The Morgan fingerprint density at radius 1 is 1.09 bits per heavy atom. The number of carbonyl (C=O) groups is 1. The Morgan fingerprint density at radius 2 is 1.83 bits per heavy atom. The van der Waals surface area contributed by atoms with E-state index in [0.717, 1.165) is 38.0 Å². The van der Waals surface area contributed by atoms with Crippen molar-refractivity contribution in [2.45, 2.75) is 25.9 Å². The molecule has 0 unspecified atom stereocenters. The van der Waals surface area contributed by atoms with Crippen LogP contribution in [0.3, 0.4) is 0 Å². The van der Waals surface area contributed by atoms with Crippen LogP contribution in [0.25, 0.3) is 0 Å². The first-order valence-electron chi connectivity index (χ1n) is 8.24. The molecule has 1 aliphatic heterocycles. The SMILES string of the molecule is O=C(NCc1cccnc1)C1CCN(Cc2ccccc2)CC1. The Kier molecular flexibility index (Phi) is 5.37. The van der Waals surface area contributed by atoms with Crippen molar-refractivity contribution in [2.24, 2.45) is 5.92 Å². The van der Waals surface area contributed by atoms with Gasteiger partial charge in [-0.15, -0.1) is 0 Å². The first-order valence-corrected chi connectivity index (χ1v) is 8.24. The lowest BCUT2D eigenvalue weighted by molar-refractivity contribution is -0.126. The van der Waals surface area contributed by atoms with Crippen molar-refractivity contribution in [2.75, 3.05) is 13.1 Å². The number of hydrogen-bond acceptors (Lipinski definition) is 3. The van der Waals surface area contributed by atoms with Crippen LogP contribution in [0.5, 0.6) is 0 Å². The summed E-state index contributed by atoms with van der Waals surface area (Å²) in [6.45, 7) is 3.52. The molecule has 0 bridgehead atoms. The third-order valence-electron chi connectivity index (χ3n) is 4.40. The topological polar surface area (TPSA) is 45.2 Å². The van der Waals surface area contributed by atoms with Crippen LogP contribution in [0.15, 0.2) is 54.9 Å². The molecule has 1 aromatic heterocycles. The zero-order valence-electron chi connectivity index (χ0n) is 13.3. The lowest BCUT2D eigenvalue weighted by Crippen LogP contribution is -2.40. The number of piperidine rings is 1. The number of rotatable bonds is 5. The molecule has 1 aromatic carbocycles.